The molecule has 0 saturated carbocycles. The van der Waals surface area contributed by atoms with E-state index in [1.54, 1.807) is 0 Å². The smallest absolute Gasteiger partial charge is 1.00 e. The van der Waals surface area contributed by atoms with Crippen LogP contribution in [-0.2, 0) is 23.1 Å². The number of hydrogen-bond acceptors (Lipinski definition) is 3. The first-order chi connectivity index (χ1) is 2.00. The summed E-state index contributed by atoms with van der Waals surface area (Å²) in [6.07, 6.45) is 0. The van der Waals surface area contributed by atoms with Gasteiger partial charge in [0, 0.05) is 0 Å². The topological polar surface area (TPSA) is 83.4 Å². The Morgan fingerprint density at radius 1 is 1.11 bits per heavy atom. The van der Waals surface area contributed by atoms with E-state index in [4.69, 9.17) is 19.2 Å². The predicted octanol–water partition coefficient (Wildman–Crippen LogP) is -11.2. The second-order valence-corrected chi connectivity index (χ2v) is 1.41. The summed E-state index contributed by atoms with van der Waals surface area (Å²) in [4.78, 5) is 24.3. The average Bonchev–Trinajstić information content (AvgIpc) is 0.722. The summed E-state index contributed by atoms with van der Waals surface area (Å²) in [7, 11) is -5.14. The summed E-state index contributed by atoms with van der Waals surface area (Å²) in [5.41, 5.74) is 0. The Morgan fingerprint density at radius 3 is 1.11 bits per heavy atom. The van der Waals surface area contributed by atoms with Gasteiger partial charge in [-0.2, -0.15) is 0 Å². The molecule has 0 amide bonds. The zero-order chi connectivity index (χ0) is 4.50. The maximum absolute atomic E-state index is 8.66. The molecule has 0 aliphatic carbocycles. The quantitative estimate of drug-likeness (QED) is 0.397. The molecule has 9 heavy (non-hydrogen) atoms. The zero-order valence-electron chi connectivity index (χ0n) is 3.70. The van der Waals surface area contributed by atoms with Crippen LogP contribution in [0.15, 0.2) is 0 Å². The van der Waals surface area contributed by atoms with E-state index in [2.05, 4.69) is 0 Å². The van der Waals surface area contributed by atoms with Crippen molar-refractivity contribution in [2.75, 3.05) is 0 Å². The van der Waals surface area contributed by atoms with Crippen LogP contribution < -0.4 is 23.9 Å². The van der Waals surface area contributed by atoms with Crippen molar-refractivity contribution in [2.24, 2.45) is 0 Å². The van der Waals surface area contributed by atoms with Gasteiger partial charge in [0.15, 0.2) is 0 Å². The van der Waals surface area contributed by atoms with Gasteiger partial charge in [0.25, 0.3) is 0 Å². The molecule has 1 N–H and O–H groups in total. The van der Waals surface area contributed by atoms with Crippen LogP contribution in [0.1, 0.15) is 0 Å². The van der Waals surface area contributed by atoms with Crippen molar-refractivity contribution in [1.82, 2.24) is 0 Å². The molecule has 0 fully saturated rings. The summed E-state index contributed by atoms with van der Waals surface area (Å²) in [5, 5.41) is 0. The van der Waals surface area contributed by atoms with E-state index in [0.29, 0.717) is 0 Å². The third-order valence-electron chi connectivity index (χ3n) is 0. The maximum atomic E-state index is 8.66. The minimum atomic E-state index is -5.14. The molecule has 0 aliphatic heterocycles. The summed E-state index contributed by atoms with van der Waals surface area (Å²) in [6.45, 7) is 0. The van der Waals surface area contributed by atoms with Crippen LogP contribution in [0.4, 0.5) is 0 Å². The van der Waals surface area contributed by atoms with Crippen molar-refractivity contribution >= 4 is 7.82 Å². The largest absolute Gasteiger partial charge is 5.00 e. The van der Waals surface area contributed by atoms with Crippen LogP contribution in [-0.4, -0.2) is 4.89 Å². The van der Waals surface area contributed by atoms with Crippen LogP contribution in [0.2, 0.25) is 0 Å². The molecular formula is HF3O4PV. The Balaban J connectivity index is -0.0000000133. The first-order valence-corrected chi connectivity index (χ1v) is 2.24. The van der Waals surface area contributed by atoms with Crippen molar-refractivity contribution in [3.63, 3.8) is 0 Å². The second-order valence-electron chi connectivity index (χ2n) is 0.469. The molecule has 4 nitrogen and oxygen atoms in total. The Kier molecular flexibility index (Phi) is 42.6. The minimum absolute atomic E-state index is 0. The van der Waals surface area contributed by atoms with E-state index < -0.39 is 7.82 Å². The molecule has 0 bridgehead atoms. The van der Waals surface area contributed by atoms with Crippen LogP contribution >= 0.6 is 7.82 Å². The molecule has 0 aliphatic rings. The summed E-state index contributed by atoms with van der Waals surface area (Å²) in [6, 6.07) is 0. The fourth-order valence-corrected chi connectivity index (χ4v) is 0. The van der Waals surface area contributed by atoms with Crippen molar-refractivity contribution in [3.05, 3.63) is 0 Å². The minimum Gasteiger partial charge on any atom is -1.00 e. The molecule has 0 spiro atoms. The molecule has 0 radical (unpaired) electrons. The van der Waals surface area contributed by atoms with Crippen molar-refractivity contribution in [3.8, 4) is 0 Å². The van der Waals surface area contributed by atoms with Crippen LogP contribution in [0.3, 0.4) is 0 Å². The van der Waals surface area contributed by atoms with E-state index in [9.17, 15) is 0 Å². The monoisotopic (exact) mass is 204 g/mol. The van der Waals surface area contributed by atoms with E-state index in [-0.39, 0.29) is 32.7 Å². The summed E-state index contributed by atoms with van der Waals surface area (Å²) in [5.74, 6) is 0. The van der Waals surface area contributed by atoms with Crippen LogP contribution in [0, 0.1) is 0 Å². The van der Waals surface area contributed by atoms with Gasteiger partial charge in [0.05, 0.1) is 7.82 Å². The average molecular weight is 204 g/mol. The van der Waals surface area contributed by atoms with Gasteiger partial charge < -0.3 is 33.4 Å². The molecule has 0 rings (SSSR count). The summed E-state index contributed by atoms with van der Waals surface area (Å²) < 4.78 is 8.66. The molecule has 0 aromatic rings. The predicted molar refractivity (Wildman–Crippen MR) is 9.83 cm³/mol. The first-order valence-electron chi connectivity index (χ1n) is 0.748. The van der Waals surface area contributed by atoms with E-state index in [0.717, 1.165) is 0 Å². The van der Waals surface area contributed by atoms with Crippen molar-refractivity contribution < 1.29 is 51.9 Å². The van der Waals surface area contributed by atoms with Gasteiger partial charge in [0.2, 0.25) is 0 Å². The van der Waals surface area contributed by atoms with E-state index >= 15 is 0 Å². The molecule has 0 heterocycles. The Hall–Kier alpha value is 0.484. The van der Waals surface area contributed by atoms with Gasteiger partial charge in [-0.05, 0) is 0 Å². The molecule has 0 aromatic heterocycles. The van der Waals surface area contributed by atoms with E-state index in [1.165, 1.54) is 0 Å². The second kappa shape index (κ2) is 11.3. The Labute approximate surface area is 60.5 Å². The fourth-order valence-electron chi connectivity index (χ4n) is 0. The Bertz CT molecular complexity index is 61.9. The first kappa shape index (κ1) is 34.0. The normalized spacial score (nSPS) is 6.56. The van der Waals surface area contributed by atoms with E-state index in [1.807, 2.05) is 0 Å². The molecule has 9 heteroatoms. The number of rotatable bonds is 0. The van der Waals surface area contributed by atoms with Gasteiger partial charge >= 0.3 is 18.6 Å². The molecule has 0 aromatic carbocycles. The maximum Gasteiger partial charge on any atom is 5.00 e. The van der Waals surface area contributed by atoms with Gasteiger partial charge in [-0.15, -0.1) is 0 Å². The SMILES string of the molecule is O=P([O-])([O-])O.[F-].[F-].[F-].[V+5]. The molecular weight excluding hydrogens is 203 g/mol. The molecule has 0 atom stereocenters. The van der Waals surface area contributed by atoms with Crippen LogP contribution in [0.25, 0.3) is 0 Å². The molecule has 0 unspecified atom stereocenters. The third-order valence-corrected chi connectivity index (χ3v) is 0. The van der Waals surface area contributed by atoms with Crippen molar-refractivity contribution in [1.29, 1.82) is 0 Å². The third kappa shape index (κ3) is 1520. The zero-order valence-corrected chi connectivity index (χ0v) is 5.99. The summed E-state index contributed by atoms with van der Waals surface area (Å²) >= 11 is 0. The number of hydrogen-bond donors (Lipinski definition) is 1. The molecule has 0 saturated heterocycles. The van der Waals surface area contributed by atoms with Gasteiger partial charge in [-0.3, -0.25) is 0 Å². The van der Waals surface area contributed by atoms with Crippen molar-refractivity contribution in [2.45, 2.75) is 0 Å². The van der Waals surface area contributed by atoms with Gasteiger partial charge in [0.1, 0.15) is 0 Å². The number of phosphoric acid groups is 1. The number of halogens is 3. The molecule has 56 valence electrons. The van der Waals surface area contributed by atoms with Gasteiger partial charge in [-0.1, -0.05) is 0 Å². The van der Waals surface area contributed by atoms with Crippen LogP contribution in [0.5, 0.6) is 0 Å². The fraction of sp³-hybridized carbons (Fsp3) is 0. The van der Waals surface area contributed by atoms with Gasteiger partial charge in [-0.25, -0.2) is 0 Å². The standard InChI is InChI=1S/3FH.H3O4P.V/c;;;1-5(2,3)4;/h3*1H;(H3,1,2,3,4);/q;;;;+5/p-5. The Morgan fingerprint density at radius 2 is 1.11 bits per heavy atom.